The number of nitrogens with zero attached hydrogens (tertiary/aromatic N) is 4. The molecule has 2 aliphatic heterocycles. The lowest BCUT2D eigenvalue weighted by Gasteiger charge is -2.16. The Balaban J connectivity index is 1.44. The average molecular weight is 366 g/mol. The summed E-state index contributed by atoms with van der Waals surface area (Å²) < 4.78 is 7.53. The second-order valence-electron chi connectivity index (χ2n) is 6.46. The number of hydrogen-bond donors (Lipinski definition) is 4. The molecule has 5 N–H and O–H groups in total. The van der Waals surface area contributed by atoms with Crippen molar-refractivity contribution in [1.29, 1.82) is 0 Å². The Morgan fingerprint density at radius 3 is 2.96 bits per heavy atom. The van der Waals surface area contributed by atoms with Crippen LogP contribution in [-0.4, -0.2) is 72.1 Å². The van der Waals surface area contributed by atoms with E-state index in [2.05, 4.69) is 20.3 Å². The number of imidazole rings is 1. The van der Waals surface area contributed by atoms with Gasteiger partial charge < -0.3 is 26.0 Å². The van der Waals surface area contributed by atoms with Gasteiger partial charge in [0.1, 0.15) is 24.1 Å². The zero-order chi connectivity index (χ0) is 17.4. The SMILES string of the molecule is Nc1ncnc2c1ncn2[C@@H]1O[C@H](CSC[C@@H]2CCCN2)[C@@H](O)[C@H]1O. The molecule has 2 aromatic heterocycles. The predicted octanol–water partition coefficient (Wildman–Crippen LogP) is -0.487. The van der Waals surface area contributed by atoms with Gasteiger partial charge in [-0.25, -0.2) is 15.0 Å². The van der Waals surface area contributed by atoms with E-state index >= 15 is 0 Å². The zero-order valence-corrected chi connectivity index (χ0v) is 14.5. The summed E-state index contributed by atoms with van der Waals surface area (Å²) in [6.45, 7) is 1.08. The summed E-state index contributed by atoms with van der Waals surface area (Å²) in [4.78, 5) is 12.3. The highest BCUT2D eigenvalue weighted by Crippen LogP contribution is 2.33. The minimum Gasteiger partial charge on any atom is -0.387 e. The van der Waals surface area contributed by atoms with Crippen LogP contribution in [0.5, 0.6) is 0 Å². The van der Waals surface area contributed by atoms with Crippen molar-refractivity contribution < 1.29 is 14.9 Å². The van der Waals surface area contributed by atoms with Crippen molar-refractivity contribution in [3.63, 3.8) is 0 Å². The van der Waals surface area contributed by atoms with Crippen LogP contribution in [0, 0.1) is 0 Å². The fourth-order valence-corrected chi connectivity index (χ4v) is 4.59. The van der Waals surface area contributed by atoms with Crippen LogP contribution < -0.4 is 11.1 Å². The average Bonchev–Trinajstić information content (AvgIpc) is 3.32. The molecule has 0 radical (unpaired) electrons. The minimum atomic E-state index is -1.05. The quantitative estimate of drug-likeness (QED) is 0.553. The van der Waals surface area contributed by atoms with E-state index in [4.69, 9.17) is 10.5 Å². The molecule has 0 aliphatic carbocycles. The zero-order valence-electron chi connectivity index (χ0n) is 13.7. The number of fused-ring (bicyclic) bond motifs is 1. The van der Waals surface area contributed by atoms with Gasteiger partial charge >= 0.3 is 0 Å². The molecule has 4 heterocycles. The third-order valence-electron chi connectivity index (χ3n) is 4.76. The first-order valence-electron chi connectivity index (χ1n) is 8.41. The molecular formula is C15H22N6O3S. The molecule has 4 rings (SSSR count). The van der Waals surface area contributed by atoms with Gasteiger partial charge in [-0.05, 0) is 19.4 Å². The Morgan fingerprint density at radius 1 is 1.28 bits per heavy atom. The van der Waals surface area contributed by atoms with Gasteiger partial charge in [0, 0.05) is 17.5 Å². The van der Waals surface area contributed by atoms with Crippen molar-refractivity contribution in [1.82, 2.24) is 24.8 Å². The standard InChI is InChI=1S/C15H22N6O3S/c16-13-10-14(19-6-18-13)21(7-20-10)15-12(23)11(22)9(24-15)5-25-4-8-2-1-3-17-8/h6-9,11-12,15,17,22-23H,1-5H2,(H2,16,18,19)/t8-,9+,11+,12+,15+/m0/s1. The Hall–Kier alpha value is -1.46. The smallest absolute Gasteiger partial charge is 0.167 e. The summed E-state index contributed by atoms with van der Waals surface area (Å²) >= 11 is 1.73. The van der Waals surface area contributed by atoms with Crippen molar-refractivity contribution in [3.05, 3.63) is 12.7 Å². The van der Waals surface area contributed by atoms with Crippen molar-refractivity contribution in [3.8, 4) is 0 Å². The van der Waals surface area contributed by atoms with Crippen LogP contribution in [0.2, 0.25) is 0 Å². The van der Waals surface area contributed by atoms with Crippen molar-refractivity contribution in [2.75, 3.05) is 23.8 Å². The van der Waals surface area contributed by atoms with Crippen molar-refractivity contribution in [2.45, 2.75) is 43.4 Å². The van der Waals surface area contributed by atoms with Gasteiger partial charge in [-0.3, -0.25) is 4.57 Å². The van der Waals surface area contributed by atoms with E-state index in [0.717, 1.165) is 12.3 Å². The lowest BCUT2D eigenvalue weighted by atomic mass is 10.1. The first kappa shape index (κ1) is 17.0. The Bertz CT molecular complexity index is 737. The number of aromatic nitrogens is 4. The number of aliphatic hydroxyl groups excluding tert-OH is 2. The van der Waals surface area contributed by atoms with Gasteiger partial charge in [-0.2, -0.15) is 11.8 Å². The van der Waals surface area contributed by atoms with Gasteiger partial charge in [-0.15, -0.1) is 0 Å². The van der Waals surface area contributed by atoms with E-state index < -0.39 is 24.5 Å². The maximum Gasteiger partial charge on any atom is 0.167 e. The number of nitrogens with two attached hydrogens (primary N) is 1. The second kappa shape index (κ2) is 7.04. The number of thioether (sulfide) groups is 1. The molecule has 0 amide bonds. The highest BCUT2D eigenvalue weighted by atomic mass is 32.2. The molecule has 5 atom stereocenters. The number of anilines is 1. The molecule has 0 saturated carbocycles. The Morgan fingerprint density at radius 2 is 2.16 bits per heavy atom. The molecule has 9 nitrogen and oxygen atoms in total. The van der Waals surface area contributed by atoms with Crippen LogP contribution in [0.4, 0.5) is 5.82 Å². The highest BCUT2D eigenvalue weighted by molar-refractivity contribution is 7.99. The summed E-state index contributed by atoms with van der Waals surface area (Å²) in [7, 11) is 0. The predicted molar refractivity (Wildman–Crippen MR) is 94.0 cm³/mol. The first-order valence-corrected chi connectivity index (χ1v) is 9.56. The largest absolute Gasteiger partial charge is 0.387 e. The Kier molecular flexibility index (Phi) is 4.78. The molecule has 2 fully saturated rings. The fraction of sp³-hybridized carbons (Fsp3) is 0.667. The van der Waals surface area contributed by atoms with Crippen LogP contribution in [0.3, 0.4) is 0 Å². The number of nitrogens with one attached hydrogen (secondary N) is 1. The maximum absolute atomic E-state index is 10.4. The number of nitrogen functional groups attached to an aromatic ring is 1. The first-order chi connectivity index (χ1) is 12.1. The minimum absolute atomic E-state index is 0.271. The number of rotatable bonds is 5. The molecule has 2 saturated heterocycles. The topological polar surface area (TPSA) is 131 Å². The van der Waals surface area contributed by atoms with Crippen LogP contribution in [0.1, 0.15) is 19.1 Å². The van der Waals surface area contributed by atoms with Gasteiger partial charge in [0.2, 0.25) is 0 Å². The molecule has 2 aromatic rings. The molecule has 136 valence electrons. The molecule has 10 heteroatoms. The molecule has 2 aliphatic rings. The molecular weight excluding hydrogens is 344 g/mol. The van der Waals surface area contributed by atoms with Gasteiger partial charge in [0.25, 0.3) is 0 Å². The van der Waals surface area contributed by atoms with E-state index in [1.807, 2.05) is 0 Å². The van der Waals surface area contributed by atoms with Crippen LogP contribution in [-0.2, 0) is 4.74 Å². The van der Waals surface area contributed by atoms with Crippen molar-refractivity contribution >= 4 is 28.7 Å². The summed E-state index contributed by atoms with van der Waals surface area (Å²) in [6, 6.07) is 0.529. The summed E-state index contributed by atoms with van der Waals surface area (Å²) in [5, 5.41) is 24.2. The highest BCUT2D eigenvalue weighted by Gasteiger charge is 2.44. The van der Waals surface area contributed by atoms with Crippen LogP contribution in [0.15, 0.2) is 12.7 Å². The van der Waals surface area contributed by atoms with Crippen LogP contribution in [0.25, 0.3) is 11.2 Å². The van der Waals surface area contributed by atoms with E-state index in [1.54, 1.807) is 16.3 Å². The molecule has 0 aromatic carbocycles. The summed E-state index contributed by atoms with van der Waals surface area (Å²) in [5.41, 5.74) is 6.73. The number of ether oxygens (including phenoxy) is 1. The normalized spacial score (nSPS) is 32.6. The number of hydrogen-bond acceptors (Lipinski definition) is 9. The van der Waals surface area contributed by atoms with Crippen molar-refractivity contribution in [2.24, 2.45) is 0 Å². The second-order valence-corrected chi connectivity index (χ2v) is 7.53. The lowest BCUT2D eigenvalue weighted by molar-refractivity contribution is -0.0289. The van der Waals surface area contributed by atoms with E-state index in [1.165, 1.54) is 25.5 Å². The molecule has 0 unspecified atom stereocenters. The molecule has 0 spiro atoms. The summed E-state index contributed by atoms with van der Waals surface area (Å²) in [6.07, 6.45) is 2.06. The van der Waals surface area contributed by atoms with E-state index in [-0.39, 0.29) is 5.82 Å². The number of aliphatic hydroxyl groups is 2. The van der Waals surface area contributed by atoms with Crippen LogP contribution >= 0.6 is 11.8 Å². The fourth-order valence-electron chi connectivity index (χ4n) is 3.38. The van der Waals surface area contributed by atoms with Gasteiger partial charge in [0.05, 0.1) is 12.4 Å². The molecule has 25 heavy (non-hydrogen) atoms. The monoisotopic (exact) mass is 366 g/mol. The third-order valence-corrected chi connectivity index (χ3v) is 5.96. The van der Waals surface area contributed by atoms with E-state index in [9.17, 15) is 10.2 Å². The lowest BCUT2D eigenvalue weighted by Crippen LogP contribution is -2.33. The maximum atomic E-state index is 10.4. The van der Waals surface area contributed by atoms with Gasteiger partial charge in [0.15, 0.2) is 17.7 Å². The van der Waals surface area contributed by atoms with Gasteiger partial charge in [-0.1, -0.05) is 0 Å². The summed E-state index contributed by atoms with van der Waals surface area (Å²) in [5.74, 6) is 1.87. The van der Waals surface area contributed by atoms with E-state index in [0.29, 0.717) is 23.0 Å². The third kappa shape index (κ3) is 3.20. The molecule has 0 bridgehead atoms. The Labute approximate surface area is 149 Å².